The molecule has 0 fully saturated rings. The molecule has 1 unspecified atom stereocenters. The molecule has 76 valence electrons. The molecule has 1 aliphatic rings. The Morgan fingerprint density at radius 2 is 1.93 bits per heavy atom. The average molecular weight is 202 g/mol. The normalized spacial score (nSPS) is 21.8. The van der Waals surface area contributed by atoms with E-state index in [-0.39, 0.29) is 11.6 Å². The number of rotatable bonds is 1. The summed E-state index contributed by atoms with van der Waals surface area (Å²) in [6.07, 6.45) is 0. The van der Waals surface area contributed by atoms with Gasteiger partial charge in [0.25, 0.3) is 0 Å². The number of hydrazone groups is 1. The van der Waals surface area contributed by atoms with Crippen LogP contribution in [0.1, 0.15) is 22.8 Å². The summed E-state index contributed by atoms with van der Waals surface area (Å²) < 4.78 is 0. The fourth-order valence-corrected chi connectivity index (χ4v) is 1.88. The number of nitrogens with zero attached hydrogens (tertiary/aromatic N) is 1. The number of nitrogens with two attached hydrogens (primary N) is 1. The van der Waals surface area contributed by atoms with Gasteiger partial charge in [-0.2, -0.15) is 5.10 Å². The summed E-state index contributed by atoms with van der Waals surface area (Å²) in [6.45, 7) is 1.37. The van der Waals surface area contributed by atoms with Crippen LogP contribution in [0.25, 0.3) is 0 Å². The van der Waals surface area contributed by atoms with Crippen molar-refractivity contribution in [2.75, 3.05) is 0 Å². The smallest absolute Gasteiger partial charge is 0.180 e. The molecule has 0 bridgehead atoms. The molecule has 1 atom stereocenters. The maximum atomic E-state index is 11.9. The number of Topliss-reactive ketones (excluding diaryl/α,β-unsaturated/α-hetero) is 2. The van der Waals surface area contributed by atoms with Crippen LogP contribution in [0, 0.1) is 5.92 Å². The quantitative estimate of drug-likeness (QED) is 0.415. The maximum absolute atomic E-state index is 11.9. The molecule has 0 heterocycles. The van der Waals surface area contributed by atoms with Crippen molar-refractivity contribution in [1.29, 1.82) is 0 Å². The van der Waals surface area contributed by atoms with Crippen LogP contribution in [0.5, 0.6) is 0 Å². The zero-order valence-electron chi connectivity index (χ0n) is 8.23. The Labute approximate surface area is 86.8 Å². The second-order valence-electron chi connectivity index (χ2n) is 3.47. The predicted molar refractivity (Wildman–Crippen MR) is 55.7 cm³/mol. The number of hydrogen-bond acceptors (Lipinski definition) is 4. The highest BCUT2D eigenvalue weighted by Gasteiger charge is 2.39. The van der Waals surface area contributed by atoms with Crippen LogP contribution >= 0.6 is 0 Å². The van der Waals surface area contributed by atoms with E-state index in [2.05, 4.69) is 5.10 Å². The molecule has 1 aromatic carbocycles. The maximum Gasteiger partial charge on any atom is 0.180 e. The van der Waals surface area contributed by atoms with Gasteiger partial charge in [0.05, 0.1) is 5.71 Å². The van der Waals surface area contributed by atoms with Gasteiger partial charge in [-0.25, -0.2) is 0 Å². The lowest BCUT2D eigenvalue weighted by Crippen LogP contribution is -2.24. The number of hydrogen-bond donors (Lipinski definition) is 1. The van der Waals surface area contributed by atoms with Gasteiger partial charge in [0.1, 0.15) is 11.7 Å². The van der Waals surface area contributed by atoms with E-state index in [9.17, 15) is 9.59 Å². The number of ketones is 2. The van der Waals surface area contributed by atoms with Crippen LogP contribution in [0.3, 0.4) is 0 Å². The van der Waals surface area contributed by atoms with E-state index in [1.165, 1.54) is 6.92 Å². The standard InChI is InChI=1S/C11H10N2O2/c1-6(14)9-10(13-12)7-4-2-3-5-8(7)11(9)15/h2-5,9H,12H2,1H3. The molecule has 2 rings (SSSR count). The summed E-state index contributed by atoms with van der Waals surface area (Å²) in [4.78, 5) is 23.2. The lowest BCUT2D eigenvalue weighted by Gasteiger charge is -2.03. The second kappa shape index (κ2) is 3.31. The van der Waals surface area contributed by atoms with E-state index in [1.807, 2.05) is 0 Å². The molecule has 4 nitrogen and oxygen atoms in total. The first-order valence-electron chi connectivity index (χ1n) is 4.58. The van der Waals surface area contributed by atoms with Gasteiger partial charge in [-0.15, -0.1) is 0 Å². The van der Waals surface area contributed by atoms with Crippen LogP contribution in [-0.4, -0.2) is 17.3 Å². The van der Waals surface area contributed by atoms with Crippen LogP contribution in [-0.2, 0) is 4.79 Å². The minimum Gasteiger partial charge on any atom is -0.323 e. The molecular weight excluding hydrogens is 192 g/mol. The van der Waals surface area contributed by atoms with Crippen molar-refractivity contribution < 1.29 is 9.59 Å². The van der Waals surface area contributed by atoms with E-state index in [0.717, 1.165) is 0 Å². The highest BCUT2D eigenvalue weighted by molar-refractivity contribution is 6.36. The Bertz CT molecular complexity index is 477. The predicted octanol–water partition coefficient (Wildman–Crippen LogP) is 0.751. The van der Waals surface area contributed by atoms with Gasteiger partial charge in [-0.1, -0.05) is 24.3 Å². The van der Waals surface area contributed by atoms with E-state index in [0.29, 0.717) is 16.8 Å². The largest absolute Gasteiger partial charge is 0.323 e. The second-order valence-corrected chi connectivity index (χ2v) is 3.47. The Hall–Kier alpha value is -1.97. The van der Waals surface area contributed by atoms with Gasteiger partial charge in [0.2, 0.25) is 0 Å². The highest BCUT2D eigenvalue weighted by atomic mass is 16.2. The zero-order chi connectivity index (χ0) is 11.0. The molecular formula is C11H10N2O2. The summed E-state index contributed by atoms with van der Waals surface area (Å²) in [5.41, 5.74) is 1.58. The van der Waals surface area contributed by atoms with Crippen molar-refractivity contribution in [2.45, 2.75) is 6.92 Å². The van der Waals surface area contributed by atoms with Gasteiger partial charge < -0.3 is 5.84 Å². The minimum atomic E-state index is -0.813. The molecule has 15 heavy (non-hydrogen) atoms. The first-order chi connectivity index (χ1) is 7.16. The average Bonchev–Trinajstić information content (AvgIpc) is 2.52. The van der Waals surface area contributed by atoms with E-state index in [4.69, 9.17) is 5.84 Å². The molecule has 0 saturated carbocycles. The number of carbonyl (C=O) groups is 2. The van der Waals surface area contributed by atoms with E-state index < -0.39 is 5.92 Å². The Kier molecular flexibility index (Phi) is 2.11. The number of carbonyl (C=O) groups excluding carboxylic acids is 2. The Balaban J connectivity index is 2.64. The molecule has 2 N–H and O–H groups in total. The van der Waals surface area contributed by atoms with Crippen molar-refractivity contribution in [2.24, 2.45) is 16.9 Å². The summed E-state index contributed by atoms with van der Waals surface area (Å²) in [7, 11) is 0. The fourth-order valence-electron chi connectivity index (χ4n) is 1.88. The monoisotopic (exact) mass is 202 g/mol. The van der Waals surface area contributed by atoms with E-state index in [1.54, 1.807) is 24.3 Å². The third-order valence-electron chi connectivity index (χ3n) is 2.55. The molecule has 0 spiro atoms. The Morgan fingerprint density at radius 1 is 1.33 bits per heavy atom. The van der Waals surface area contributed by atoms with Crippen molar-refractivity contribution in [3.05, 3.63) is 35.4 Å². The van der Waals surface area contributed by atoms with Gasteiger partial charge in [0.15, 0.2) is 5.78 Å². The van der Waals surface area contributed by atoms with Gasteiger partial charge in [-0.05, 0) is 6.92 Å². The van der Waals surface area contributed by atoms with Crippen LogP contribution < -0.4 is 5.84 Å². The first-order valence-corrected chi connectivity index (χ1v) is 4.58. The van der Waals surface area contributed by atoms with Crippen molar-refractivity contribution in [3.8, 4) is 0 Å². The number of fused-ring (bicyclic) bond motifs is 1. The third-order valence-corrected chi connectivity index (χ3v) is 2.55. The zero-order valence-corrected chi connectivity index (χ0v) is 8.23. The molecule has 1 aromatic rings. The van der Waals surface area contributed by atoms with Crippen molar-refractivity contribution in [1.82, 2.24) is 0 Å². The summed E-state index contributed by atoms with van der Waals surface area (Å²) in [5, 5.41) is 3.56. The minimum absolute atomic E-state index is 0.206. The molecule has 0 amide bonds. The summed E-state index contributed by atoms with van der Waals surface area (Å²) in [6, 6.07) is 6.99. The van der Waals surface area contributed by atoms with Gasteiger partial charge in [0, 0.05) is 11.1 Å². The Morgan fingerprint density at radius 3 is 2.47 bits per heavy atom. The molecule has 0 aliphatic heterocycles. The van der Waals surface area contributed by atoms with Crippen LogP contribution in [0.15, 0.2) is 29.4 Å². The highest BCUT2D eigenvalue weighted by Crippen LogP contribution is 2.27. The molecule has 0 aromatic heterocycles. The van der Waals surface area contributed by atoms with Crippen LogP contribution in [0.4, 0.5) is 0 Å². The molecule has 4 heteroatoms. The van der Waals surface area contributed by atoms with Gasteiger partial charge in [-0.3, -0.25) is 9.59 Å². The fraction of sp³-hybridized carbons (Fsp3) is 0.182. The first kappa shape index (κ1) is 9.58. The van der Waals surface area contributed by atoms with E-state index >= 15 is 0 Å². The molecule has 1 aliphatic carbocycles. The molecule has 0 saturated heterocycles. The molecule has 0 radical (unpaired) electrons. The SMILES string of the molecule is CC(=O)C1C(=O)c2ccccc2C1=NN. The lowest BCUT2D eigenvalue weighted by molar-refractivity contribution is -0.117. The summed E-state index contributed by atoms with van der Waals surface area (Å²) >= 11 is 0. The van der Waals surface area contributed by atoms with Crippen molar-refractivity contribution in [3.63, 3.8) is 0 Å². The topological polar surface area (TPSA) is 72.5 Å². The van der Waals surface area contributed by atoms with Gasteiger partial charge >= 0.3 is 0 Å². The van der Waals surface area contributed by atoms with Crippen LogP contribution in [0.2, 0.25) is 0 Å². The number of benzene rings is 1. The third kappa shape index (κ3) is 1.26. The lowest BCUT2D eigenvalue weighted by atomic mass is 9.99. The summed E-state index contributed by atoms with van der Waals surface area (Å²) in [5.74, 6) is 3.98. The van der Waals surface area contributed by atoms with Crippen molar-refractivity contribution >= 4 is 17.3 Å².